The molecular weight excluding hydrogens is 258 g/mol. The predicted molar refractivity (Wildman–Crippen MR) is 89.5 cm³/mol. The molecule has 3 nitrogen and oxygen atoms in total. The molecule has 0 bridgehead atoms. The van der Waals surface area contributed by atoms with Crippen molar-refractivity contribution in [3.8, 4) is 0 Å². The zero-order valence-corrected chi connectivity index (χ0v) is 12.8. The molecular formula is C18H23N3. The number of aliphatic imine (C=N–C) groups is 1. The number of nitrogens with one attached hydrogen (secondary N) is 2. The minimum absolute atomic E-state index is 0.784. The Morgan fingerprint density at radius 2 is 1.71 bits per heavy atom. The molecule has 2 rings (SSSR count). The van der Waals surface area contributed by atoms with Gasteiger partial charge >= 0.3 is 0 Å². The van der Waals surface area contributed by atoms with Gasteiger partial charge in [-0.15, -0.1) is 0 Å². The second-order valence-electron chi connectivity index (χ2n) is 5.08. The van der Waals surface area contributed by atoms with Crippen LogP contribution in [-0.2, 0) is 13.0 Å². The van der Waals surface area contributed by atoms with Crippen LogP contribution in [0.5, 0.6) is 0 Å². The first-order chi connectivity index (χ1) is 10.3. The summed E-state index contributed by atoms with van der Waals surface area (Å²) in [5.41, 5.74) is 3.88. The Morgan fingerprint density at radius 3 is 2.43 bits per heavy atom. The Hall–Kier alpha value is -2.29. The molecule has 0 radical (unpaired) electrons. The predicted octanol–water partition coefficient (Wildman–Crippen LogP) is 2.90. The summed E-state index contributed by atoms with van der Waals surface area (Å²) in [5, 5.41) is 6.68. The van der Waals surface area contributed by atoms with Crippen molar-refractivity contribution in [3.63, 3.8) is 0 Å². The first-order valence-electron chi connectivity index (χ1n) is 7.32. The number of hydrogen-bond donors (Lipinski definition) is 2. The molecule has 0 saturated carbocycles. The third kappa shape index (κ3) is 5.30. The molecule has 2 aromatic carbocycles. The van der Waals surface area contributed by atoms with Crippen molar-refractivity contribution in [2.24, 2.45) is 4.99 Å². The topological polar surface area (TPSA) is 36.4 Å². The van der Waals surface area contributed by atoms with Gasteiger partial charge in [-0.3, -0.25) is 4.99 Å². The molecule has 21 heavy (non-hydrogen) atoms. The van der Waals surface area contributed by atoms with E-state index in [-0.39, 0.29) is 0 Å². The van der Waals surface area contributed by atoms with Gasteiger partial charge in [0.05, 0.1) is 0 Å². The fraction of sp³-hybridized carbons (Fsp3) is 0.278. The highest BCUT2D eigenvalue weighted by Crippen LogP contribution is 2.03. The van der Waals surface area contributed by atoms with Gasteiger partial charge in [-0.1, -0.05) is 60.2 Å². The smallest absolute Gasteiger partial charge is 0.191 e. The highest BCUT2D eigenvalue weighted by molar-refractivity contribution is 5.79. The standard InChI is InChI=1S/C18H23N3/c1-15-7-6-10-17(13-15)14-21-18(19-2)20-12-11-16-8-4-3-5-9-16/h3-10,13H,11-12,14H2,1-2H3,(H2,19,20,21). The Morgan fingerprint density at radius 1 is 0.952 bits per heavy atom. The quantitative estimate of drug-likeness (QED) is 0.653. The molecule has 2 N–H and O–H groups in total. The van der Waals surface area contributed by atoms with Crippen LogP contribution in [-0.4, -0.2) is 19.6 Å². The van der Waals surface area contributed by atoms with Gasteiger partial charge in [-0.2, -0.15) is 0 Å². The number of benzene rings is 2. The zero-order valence-electron chi connectivity index (χ0n) is 12.8. The summed E-state index contributed by atoms with van der Waals surface area (Å²) in [4.78, 5) is 4.25. The lowest BCUT2D eigenvalue weighted by Gasteiger charge is -2.12. The first kappa shape index (κ1) is 15.1. The van der Waals surface area contributed by atoms with Crippen LogP contribution in [0.1, 0.15) is 16.7 Å². The van der Waals surface area contributed by atoms with Crippen LogP contribution in [0.3, 0.4) is 0 Å². The Labute approximate surface area is 127 Å². The molecule has 0 spiro atoms. The Bertz CT molecular complexity index is 576. The number of nitrogens with zero attached hydrogens (tertiary/aromatic N) is 1. The lowest BCUT2D eigenvalue weighted by atomic mass is 10.1. The average Bonchev–Trinajstić information content (AvgIpc) is 2.52. The molecule has 0 heterocycles. The monoisotopic (exact) mass is 281 g/mol. The van der Waals surface area contributed by atoms with E-state index in [1.54, 1.807) is 7.05 Å². The van der Waals surface area contributed by atoms with Gasteiger partial charge in [0.15, 0.2) is 5.96 Å². The molecule has 0 unspecified atom stereocenters. The van der Waals surface area contributed by atoms with Crippen molar-refractivity contribution >= 4 is 5.96 Å². The van der Waals surface area contributed by atoms with Crippen LogP contribution < -0.4 is 10.6 Å². The maximum absolute atomic E-state index is 4.25. The molecule has 110 valence electrons. The molecule has 0 fully saturated rings. The van der Waals surface area contributed by atoms with E-state index in [1.807, 2.05) is 6.07 Å². The second-order valence-corrected chi connectivity index (χ2v) is 5.08. The molecule has 3 heteroatoms. The summed E-state index contributed by atoms with van der Waals surface area (Å²) in [6.07, 6.45) is 0.992. The number of rotatable bonds is 5. The van der Waals surface area contributed by atoms with Gasteiger partial charge < -0.3 is 10.6 Å². The van der Waals surface area contributed by atoms with Crippen LogP contribution in [0.2, 0.25) is 0 Å². The minimum atomic E-state index is 0.784. The van der Waals surface area contributed by atoms with Gasteiger partial charge in [-0.25, -0.2) is 0 Å². The van der Waals surface area contributed by atoms with Crippen LogP contribution in [0.25, 0.3) is 0 Å². The third-order valence-corrected chi connectivity index (χ3v) is 3.31. The van der Waals surface area contributed by atoms with Gasteiger partial charge in [0, 0.05) is 20.1 Å². The minimum Gasteiger partial charge on any atom is -0.356 e. The van der Waals surface area contributed by atoms with E-state index in [0.29, 0.717) is 0 Å². The van der Waals surface area contributed by atoms with Crippen molar-refractivity contribution in [3.05, 3.63) is 71.3 Å². The highest BCUT2D eigenvalue weighted by Gasteiger charge is 1.99. The van der Waals surface area contributed by atoms with E-state index in [2.05, 4.69) is 71.1 Å². The largest absolute Gasteiger partial charge is 0.356 e. The zero-order chi connectivity index (χ0) is 14.9. The average molecular weight is 281 g/mol. The SMILES string of the molecule is CN=C(NCCc1ccccc1)NCc1cccc(C)c1. The molecule has 0 amide bonds. The van der Waals surface area contributed by atoms with E-state index in [1.165, 1.54) is 16.7 Å². The van der Waals surface area contributed by atoms with Crippen LogP contribution >= 0.6 is 0 Å². The normalized spacial score (nSPS) is 11.2. The first-order valence-corrected chi connectivity index (χ1v) is 7.32. The third-order valence-electron chi connectivity index (χ3n) is 3.31. The molecule has 0 aromatic heterocycles. The molecule has 0 saturated heterocycles. The van der Waals surface area contributed by atoms with Crippen molar-refractivity contribution in [1.29, 1.82) is 0 Å². The van der Waals surface area contributed by atoms with Crippen LogP contribution in [0.15, 0.2) is 59.6 Å². The van der Waals surface area contributed by atoms with E-state index in [4.69, 9.17) is 0 Å². The molecule has 2 aromatic rings. The van der Waals surface area contributed by atoms with Crippen LogP contribution in [0, 0.1) is 6.92 Å². The highest BCUT2D eigenvalue weighted by atomic mass is 15.2. The summed E-state index contributed by atoms with van der Waals surface area (Å²) < 4.78 is 0. The maximum Gasteiger partial charge on any atom is 0.191 e. The van der Waals surface area contributed by atoms with Crippen molar-refractivity contribution < 1.29 is 0 Å². The molecule has 0 atom stereocenters. The Kier molecular flexibility index (Phi) is 5.83. The summed E-state index contributed by atoms with van der Waals surface area (Å²) in [5.74, 6) is 0.840. The number of aryl methyl sites for hydroxylation is 1. The summed E-state index contributed by atoms with van der Waals surface area (Å²) in [6.45, 7) is 3.76. The molecule has 0 aliphatic carbocycles. The van der Waals surface area contributed by atoms with E-state index >= 15 is 0 Å². The van der Waals surface area contributed by atoms with Gasteiger partial charge in [0.2, 0.25) is 0 Å². The summed E-state index contributed by atoms with van der Waals surface area (Å²) in [6, 6.07) is 19.0. The van der Waals surface area contributed by atoms with Gasteiger partial charge in [0.25, 0.3) is 0 Å². The van der Waals surface area contributed by atoms with Crippen molar-refractivity contribution in [2.45, 2.75) is 19.9 Å². The number of hydrogen-bond acceptors (Lipinski definition) is 1. The van der Waals surface area contributed by atoms with Crippen molar-refractivity contribution in [1.82, 2.24) is 10.6 Å². The number of guanidine groups is 1. The molecule has 0 aliphatic heterocycles. The fourth-order valence-electron chi connectivity index (χ4n) is 2.20. The summed E-state index contributed by atoms with van der Waals surface area (Å²) in [7, 11) is 1.80. The van der Waals surface area contributed by atoms with E-state index < -0.39 is 0 Å². The Balaban J connectivity index is 1.76. The lowest BCUT2D eigenvalue weighted by molar-refractivity contribution is 0.794. The van der Waals surface area contributed by atoms with E-state index in [9.17, 15) is 0 Å². The van der Waals surface area contributed by atoms with Gasteiger partial charge in [0.1, 0.15) is 0 Å². The summed E-state index contributed by atoms with van der Waals surface area (Å²) >= 11 is 0. The molecule has 0 aliphatic rings. The van der Waals surface area contributed by atoms with E-state index in [0.717, 1.165) is 25.5 Å². The van der Waals surface area contributed by atoms with Crippen molar-refractivity contribution in [2.75, 3.05) is 13.6 Å². The lowest BCUT2D eigenvalue weighted by Crippen LogP contribution is -2.37. The van der Waals surface area contributed by atoms with Gasteiger partial charge in [-0.05, 0) is 24.5 Å². The fourth-order valence-corrected chi connectivity index (χ4v) is 2.20. The maximum atomic E-state index is 4.25. The second kappa shape index (κ2) is 8.10. The van der Waals surface area contributed by atoms with Crippen LogP contribution in [0.4, 0.5) is 0 Å².